The standard InChI is InChI=1S/C12H16N4O/c1-16(7-6-13)8-11-12(17)15-10-5-3-2-4-9(10)14-11/h2-5H,6-8,13H2,1H3,(H,15,17). The molecule has 90 valence electrons. The van der Waals surface area contributed by atoms with Gasteiger partial charge >= 0.3 is 0 Å². The van der Waals surface area contributed by atoms with E-state index in [1.54, 1.807) is 0 Å². The summed E-state index contributed by atoms with van der Waals surface area (Å²) in [6.07, 6.45) is 0. The van der Waals surface area contributed by atoms with E-state index in [0.29, 0.717) is 18.8 Å². The molecule has 1 heterocycles. The summed E-state index contributed by atoms with van der Waals surface area (Å²) in [4.78, 5) is 21.0. The lowest BCUT2D eigenvalue weighted by atomic mass is 10.3. The first-order valence-corrected chi connectivity index (χ1v) is 5.57. The van der Waals surface area contributed by atoms with E-state index >= 15 is 0 Å². The Bertz CT molecular complexity index is 564. The number of benzene rings is 1. The Kier molecular flexibility index (Phi) is 3.51. The summed E-state index contributed by atoms with van der Waals surface area (Å²) >= 11 is 0. The Morgan fingerprint density at radius 2 is 2.18 bits per heavy atom. The van der Waals surface area contributed by atoms with Crippen molar-refractivity contribution in [3.63, 3.8) is 0 Å². The average Bonchev–Trinajstić information content (AvgIpc) is 2.30. The summed E-state index contributed by atoms with van der Waals surface area (Å²) < 4.78 is 0. The fourth-order valence-electron chi connectivity index (χ4n) is 1.73. The SMILES string of the molecule is CN(CCN)Cc1nc2ccccc2[nH]c1=O. The number of hydrogen-bond acceptors (Lipinski definition) is 4. The van der Waals surface area contributed by atoms with Crippen molar-refractivity contribution >= 4 is 11.0 Å². The zero-order valence-corrected chi connectivity index (χ0v) is 9.81. The van der Waals surface area contributed by atoms with Crippen LogP contribution in [0, 0.1) is 0 Å². The molecular formula is C12H16N4O. The van der Waals surface area contributed by atoms with Gasteiger partial charge in [-0.3, -0.25) is 9.69 Å². The number of aromatic amines is 1. The van der Waals surface area contributed by atoms with Crippen LogP contribution in [-0.2, 0) is 6.54 Å². The summed E-state index contributed by atoms with van der Waals surface area (Å²) in [5.41, 5.74) is 7.43. The number of likely N-dealkylation sites (N-methyl/N-ethyl adjacent to an activating group) is 1. The zero-order chi connectivity index (χ0) is 12.3. The number of para-hydroxylation sites is 2. The smallest absolute Gasteiger partial charge is 0.271 e. The van der Waals surface area contributed by atoms with E-state index in [1.807, 2.05) is 36.2 Å². The molecule has 0 saturated carbocycles. The van der Waals surface area contributed by atoms with E-state index < -0.39 is 0 Å². The van der Waals surface area contributed by atoms with E-state index in [9.17, 15) is 4.79 Å². The number of nitrogens with two attached hydrogens (primary N) is 1. The number of H-pyrrole nitrogens is 1. The second-order valence-electron chi connectivity index (χ2n) is 4.06. The molecule has 5 nitrogen and oxygen atoms in total. The van der Waals surface area contributed by atoms with E-state index in [0.717, 1.165) is 17.6 Å². The maximum Gasteiger partial charge on any atom is 0.271 e. The number of nitrogens with zero attached hydrogens (tertiary/aromatic N) is 2. The lowest BCUT2D eigenvalue weighted by molar-refractivity contribution is 0.331. The van der Waals surface area contributed by atoms with Crippen molar-refractivity contribution in [1.29, 1.82) is 0 Å². The van der Waals surface area contributed by atoms with Gasteiger partial charge in [0.1, 0.15) is 5.69 Å². The summed E-state index contributed by atoms with van der Waals surface area (Å²) in [7, 11) is 1.92. The number of hydrogen-bond donors (Lipinski definition) is 2. The third-order valence-corrected chi connectivity index (χ3v) is 2.60. The largest absolute Gasteiger partial charge is 0.329 e. The van der Waals surface area contributed by atoms with E-state index in [4.69, 9.17) is 5.73 Å². The van der Waals surface area contributed by atoms with Gasteiger partial charge in [-0.05, 0) is 19.2 Å². The summed E-state index contributed by atoms with van der Waals surface area (Å²) in [6.45, 7) is 1.83. The first-order valence-electron chi connectivity index (χ1n) is 5.57. The minimum Gasteiger partial charge on any atom is -0.329 e. The van der Waals surface area contributed by atoms with Gasteiger partial charge in [0.05, 0.1) is 11.0 Å². The monoisotopic (exact) mass is 232 g/mol. The molecule has 1 aromatic carbocycles. The van der Waals surface area contributed by atoms with Crippen LogP contribution in [0.2, 0.25) is 0 Å². The molecule has 0 aliphatic heterocycles. The molecule has 0 amide bonds. The highest BCUT2D eigenvalue weighted by Gasteiger charge is 2.06. The summed E-state index contributed by atoms with van der Waals surface area (Å²) in [6, 6.07) is 7.51. The van der Waals surface area contributed by atoms with Gasteiger partial charge in [-0.1, -0.05) is 12.1 Å². The van der Waals surface area contributed by atoms with Crippen LogP contribution in [0.25, 0.3) is 11.0 Å². The summed E-state index contributed by atoms with van der Waals surface area (Å²) in [5.74, 6) is 0. The molecule has 0 fully saturated rings. The molecule has 0 aliphatic carbocycles. The van der Waals surface area contributed by atoms with E-state index in [2.05, 4.69) is 9.97 Å². The van der Waals surface area contributed by atoms with Crippen LogP contribution in [0.5, 0.6) is 0 Å². The average molecular weight is 232 g/mol. The minimum atomic E-state index is -0.132. The molecule has 0 saturated heterocycles. The molecule has 0 spiro atoms. The number of fused-ring (bicyclic) bond motifs is 1. The van der Waals surface area contributed by atoms with Crippen molar-refractivity contribution in [1.82, 2.24) is 14.9 Å². The van der Waals surface area contributed by atoms with Crippen molar-refractivity contribution in [2.24, 2.45) is 5.73 Å². The highest BCUT2D eigenvalue weighted by Crippen LogP contribution is 2.06. The molecular weight excluding hydrogens is 216 g/mol. The minimum absolute atomic E-state index is 0.132. The first-order chi connectivity index (χ1) is 8.20. The fourth-order valence-corrected chi connectivity index (χ4v) is 1.73. The van der Waals surface area contributed by atoms with Crippen molar-refractivity contribution in [3.05, 3.63) is 40.3 Å². The number of rotatable bonds is 4. The predicted molar refractivity (Wildman–Crippen MR) is 67.8 cm³/mol. The van der Waals surface area contributed by atoms with Crippen molar-refractivity contribution in [3.8, 4) is 0 Å². The molecule has 3 N–H and O–H groups in total. The Morgan fingerprint density at radius 3 is 2.94 bits per heavy atom. The lowest BCUT2D eigenvalue weighted by Crippen LogP contribution is -2.29. The Labute approximate surface area is 99.3 Å². The Morgan fingerprint density at radius 1 is 1.41 bits per heavy atom. The van der Waals surface area contributed by atoms with Crippen LogP contribution in [0.15, 0.2) is 29.1 Å². The van der Waals surface area contributed by atoms with Gasteiger partial charge in [0, 0.05) is 19.6 Å². The highest BCUT2D eigenvalue weighted by molar-refractivity contribution is 5.73. The molecule has 1 aromatic heterocycles. The fraction of sp³-hybridized carbons (Fsp3) is 0.333. The number of aromatic nitrogens is 2. The maximum atomic E-state index is 11.8. The van der Waals surface area contributed by atoms with Gasteiger partial charge in [-0.15, -0.1) is 0 Å². The molecule has 5 heteroatoms. The van der Waals surface area contributed by atoms with Crippen LogP contribution in [0.4, 0.5) is 0 Å². The molecule has 17 heavy (non-hydrogen) atoms. The summed E-state index contributed by atoms with van der Waals surface area (Å²) in [5, 5.41) is 0. The predicted octanol–water partition coefficient (Wildman–Crippen LogP) is 0.314. The molecule has 0 unspecified atom stereocenters. The molecule has 2 rings (SSSR count). The molecule has 0 radical (unpaired) electrons. The molecule has 0 atom stereocenters. The highest BCUT2D eigenvalue weighted by atomic mass is 16.1. The maximum absolute atomic E-state index is 11.8. The molecule has 2 aromatic rings. The van der Waals surface area contributed by atoms with Crippen molar-refractivity contribution in [2.75, 3.05) is 20.1 Å². The van der Waals surface area contributed by atoms with Crippen LogP contribution >= 0.6 is 0 Å². The Balaban J connectivity index is 2.34. The molecule has 0 bridgehead atoms. The zero-order valence-electron chi connectivity index (χ0n) is 9.81. The normalized spacial score (nSPS) is 11.2. The van der Waals surface area contributed by atoms with Gasteiger partial charge in [0.15, 0.2) is 0 Å². The van der Waals surface area contributed by atoms with Gasteiger partial charge in [0.2, 0.25) is 0 Å². The second kappa shape index (κ2) is 5.07. The quantitative estimate of drug-likeness (QED) is 0.795. The van der Waals surface area contributed by atoms with Crippen LogP contribution < -0.4 is 11.3 Å². The van der Waals surface area contributed by atoms with Gasteiger partial charge in [-0.25, -0.2) is 4.98 Å². The van der Waals surface area contributed by atoms with Gasteiger partial charge < -0.3 is 10.7 Å². The van der Waals surface area contributed by atoms with E-state index in [1.165, 1.54) is 0 Å². The van der Waals surface area contributed by atoms with E-state index in [-0.39, 0.29) is 5.56 Å². The van der Waals surface area contributed by atoms with Crippen molar-refractivity contribution < 1.29 is 0 Å². The first kappa shape index (κ1) is 11.8. The van der Waals surface area contributed by atoms with Gasteiger partial charge in [-0.2, -0.15) is 0 Å². The Hall–Kier alpha value is -1.72. The van der Waals surface area contributed by atoms with Crippen molar-refractivity contribution in [2.45, 2.75) is 6.54 Å². The topological polar surface area (TPSA) is 75.0 Å². The van der Waals surface area contributed by atoms with Gasteiger partial charge in [0.25, 0.3) is 5.56 Å². The van der Waals surface area contributed by atoms with Crippen LogP contribution in [0.1, 0.15) is 5.69 Å². The van der Waals surface area contributed by atoms with Crippen LogP contribution in [0.3, 0.4) is 0 Å². The number of nitrogens with one attached hydrogen (secondary N) is 1. The third kappa shape index (κ3) is 2.69. The molecule has 0 aliphatic rings. The second-order valence-corrected chi connectivity index (χ2v) is 4.06. The third-order valence-electron chi connectivity index (χ3n) is 2.60. The van der Waals surface area contributed by atoms with Crippen LogP contribution in [-0.4, -0.2) is 35.0 Å². The lowest BCUT2D eigenvalue weighted by Gasteiger charge is -2.14.